The van der Waals surface area contributed by atoms with E-state index in [1.165, 1.54) is 38.5 Å². The second kappa shape index (κ2) is 6.49. The third-order valence-corrected chi connectivity index (χ3v) is 5.49. The maximum Gasteiger partial charge on any atom is 0.0133 e. The van der Waals surface area contributed by atoms with Gasteiger partial charge in [0.05, 0.1) is 0 Å². The molecule has 0 aliphatic heterocycles. The Balaban J connectivity index is 0.00000147. The number of hydrogen-bond acceptors (Lipinski definition) is 1. The van der Waals surface area contributed by atoms with Crippen molar-refractivity contribution in [1.82, 2.24) is 4.90 Å². The first-order valence-corrected chi connectivity index (χ1v) is 7.94. The Hall–Kier alpha value is -0.530. The molecule has 20 heavy (non-hydrogen) atoms. The molecule has 2 aliphatic rings. The first-order chi connectivity index (χ1) is 9.16. The molecule has 0 aromatic heterocycles. The summed E-state index contributed by atoms with van der Waals surface area (Å²) in [7, 11) is 4.47. The lowest BCUT2D eigenvalue weighted by Crippen LogP contribution is -2.34. The van der Waals surface area contributed by atoms with Gasteiger partial charge in [0, 0.05) is 6.04 Å². The van der Waals surface area contributed by atoms with Crippen LogP contribution in [-0.4, -0.2) is 25.0 Å². The van der Waals surface area contributed by atoms with Crippen LogP contribution >= 0.6 is 12.4 Å². The van der Waals surface area contributed by atoms with Gasteiger partial charge in [0.1, 0.15) is 0 Å². The van der Waals surface area contributed by atoms with Crippen molar-refractivity contribution in [2.75, 3.05) is 14.1 Å². The number of benzene rings is 1. The zero-order chi connectivity index (χ0) is 13.4. The molecule has 3 rings (SSSR count). The summed E-state index contributed by atoms with van der Waals surface area (Å²) in [6, 6.07) is 7.83. The van der Waals surface area contributed by atoms with E-state index in [9.17, 15) is 0 Å². The molecule has 1 aromatic carbocycles. The van der Waals surface area contributed by atoms with Crippen molar-refractivity contribution in [3.05, 3.63) is 34.9 Å². The van der Waals surface area contributed by atoms with Crippen LogP contribution in [0.5, 0.6) is 0 Å². The van der Waals surface area contributed by atoms with E-state index >= 15 is 0 Å². The average Bonchev–Trinajstić information content (AvgIpc) is 2.83. The molecule has 1 aromatic rings. The number of nitrogens with zero attached hydrogens (tertiary/aromatic N) is 1. The van der Waals surface area contributed by atoms with Crippen molar-refractivity contribution >= 4 is 12.4 Å². The Morgan fingerprint density at radius 1 is 1.10 bits per heavy atom. The zero-order valence-corrected chi connectivity index (χ0v) is 13.9. The van der Waals surface area contributed by atoms with Crippen molar-refractivity contribution in [3.8, 4) is 0 Å². The minimum Gasteiger partial charge on any atom is -0.306 e. The molecule has 2 heteroatoms. The monoisotopic (exact) mass is 293 g/mol. The lowest BCUT2D eigenvalue weighted by atomic mass is 9.79. The van der Waals surface area contributed by atoms with Crippen molar-refractivity contribution in [2.45, 2.75) is 57.4 Å². The lowest BCUT2D eigenvalue weighted by Gasteiger charge is -2.33. The summed E-state index contributed by atoms with van der Waals surface area (Å²) in [4.78, 5) is 2.41. The standard InChI is InChI=1S/C18H27N.ClH/c1-13-6-4-8-16(13)17-9-5-7-14-10-11-15(19(2)3)12-18(14)17;/h5,7,9,13,15-16H,4,6,8,10-12H2,1-3H3;1H. The van der Waals surface area contributed by atoms with Gasteiger partial charge in [-0.1, -0.05) is 38.0 Å². The molecule has 0 radical (unpaired) electrons. The number of aryl methyl sites for hydroxylation is 1. The van der Waals surface area contributed by atoms with Crippen molar-refractivity contribution < 1.29 is 0 Å². The van der Waals surface area contributed by atoms with Crippen LogP contribution in [0.3, 0.4) is 0 Å². The second-order valence-electron chi connectivity index (χ2n) is 6.86. The largest absolute Gasteiger partial charge is 0.306 e. The molecule has 0 amide bonds. The average molecular weight is 294 g/mol. The second-order valence-corrected chi connectivity index (χ2v) is 6.86. The molecule has 0 saturated heterocycles. The highest BCUT2D eigenvalue weighted by Crippen LogP contribution is 2.42. The quantitative estimate of drug-likeness (QED) is 0.780. The molecular weight excluding hydrogens is 266 g/mol. The highest BCUT2D eigenvalue weighted by molar-refractivity contribution is 5.85. The van der Waals surface area contributed by atoms with Gasteiger partial charge in [0.15, 0.2) is 0 Å². The first-order valence-electron chi connectivity index (χ1n) is 7.94. The Kier molecular flexibility index (Phi) is 5.14. The summed E-state index contributed by atoms with van der Waals surface area (Å²) in [5.41, 5.74) is 5.02. The minimum atomic E-state index is 0. The van der Waals surface area contributed by atoms with E-state index < -0.39 is 0 Å². The first kappa shape index (κ1) is 15.9. The van der Waals surface area contributed by atoms with Crippen LogP contribution in [-0.2, 0) is 12.8 Å². The van der Waals surface area contributed by atoms with E-state index in [0.29, 0.717) is 0 Å². The van der Waals surface area contributed by atoms with Crippen LogP contribution in [0, 0.1) is 5.92 Å². The molecule has 3 unspecified atom stereocenters. The van der Waals surface area contributed by atoms with E-state index in [0.717, 1.165) is 17.9 Å². The van der Waals surface area contributed by atoms with Crippen molar-refractivity contribution in [3.63, 3.8) is 0 Å². The Labute approximate surface area is 130 Å². The fraction of sp³-hybridized carbons (Fsp3) is 0.667. The van der Waals surface area contributed by atoms with Crippen LogP contribution in [0.1, 0.15) is 55.2 Å². The van der Waals surface area contributed by atoms with Gasteiger partial charge < -0.3 is 4.90 Å². The van der Waals surface area contributed by atoms with Crippen LogP contribution in [0.15, 0.2) is 18.2 Å². The van der Waals surface area contributed by atoms with Gasteiger partial charge in [-0.3, -0.25) is 0 Å². The third kappa shape index (κ3) is 2.89. The molecule has 0 heterocycles. The van der Waals surface area contributed by atoms with E-state index in [1.54, 1.807) is 16.7 Å². The molecular formula is C18H28ClN. The van der Waals surface area contributed by atoms with Crippen LogP contribution in [0.2, 0.25) is 0 Å². The zero-order valence-electron chi connectivity index (χ0n) is 13.1. The summed E-state index contributed by atoms with van der Waals surface area (Å²) in [6.07, 6.45) is 8.11. The smallest absolute Gasteiger partial charge is 0.0133 e. The van der Waals surface area contributed by atoms with Gasteiger partial charge in [-0.2, -0.15) is 0 Å². The number of halogens is 1. The molecule has 1 saturated carbocycles. The van der Waals surface area contributed by atoms with Gasteiger partial charge in [0.2, 0.25) is 0 Å². The molecule has 1 nitrogen and oxygen atoms in total. The van der Waals surface area contributed by atoms with E-state index in [-0.39, 0.29) is 12.4 Å². The van der Waals surface area contributed by atoms with Crippen LogP contribution in [0.25, 0.3) is 0 Å². The van der Waals surface area contributed by atoms with E-state index in [1.807, 2.05) is 0 Å². The molecule has 0 spiro atoms. The molecule has 2 aliphatic carbocycles. The fourth-order valence-electron chi connectivity index (χ4n) is 4.19. The Morgan fingerprint density at radius 2 is 1.90 bits per heavy atom. The van der Waals surface area contributed by atoms with Gasteiger partial charge >= 0.3 is 0 Å². The van der Waals surface area contributed by atoms with Crippen molar-refractivity contribution in [2.24, 2.45) is 5.92 Å². The predicted octanol–water partition coefficient (Wildman–Crippen LogP) is 4.43. The maximum atomic E-state index is 2.45. The fourth-order valence-corrected chi connectivity index (χ4v) is 4.19. The van der Waals surface area contributed by atoms with Gasteiger partial charge in [-0.15, -0.1) is 12.4 Å². The maximum absolute atomic E-state index is 2.45. The van der Waals surface area contributed by atoms with E-state index in [4.69, 9.17) is 0 Å². The Morgan fingerprint density at radius 3 is 2.55 bits per heavy atom. The summed E-state index contributed by atoms with van der Waals surface area (Å²) >= 11 is 0. The summed E-state index contributed by atoms with van der Waals surface area (Å²) in [6.45, 7) is 2.45. The molecule has 3 atom stereocenters. The predicted molar refractivity (Wildman–Crippen MR) is 88.9 cm³/mol. The summed E-state index contributed by atoms with van der Waals surface area (Å²) in [5, 5.41) is 0. The number of fused-ring (bicyclic) bond motifs is 1. The van der Waals surface area contributed by atoms with Crippen LogP contribution < -0.4 is 0 Å². The molecule has 0 bridgehead atoms. The Bertz CT molecular complexity index is 455. The summed E-state index contributed by atoms with van der Waals surface area (Å²) in [5.74, 6) is 1.71. The number of hydrogen-bond donors (Lipinski definition) is 0. The topological polar surface area (TPSA) is 3.24 Å². The lowest BCUT2D eigenvalue weighted by molar-refractivity contribution is 0.267. The number of likely N-dealkylation sites (N-methyl/N-ethyl adjacent to an activating group) is 1. The number of rotatable bonds is 2. The summed E-state index contributed by atoms with van der Waals surface area (Å²) < 4.78 is 0. The molecule has 112 valence electrons. The SMILES string of the molecule is CC1CCCC1c1cccc2c1CC(N(C)C)CC2.Cl. The molecule has 1 fully saturated rings. The van der Waals surface area contributed by atoms with Crippen molar-refractivity contribution in [1.29, 1.82) is 0 Å². The van der Waals surface area contributed by atoms with E-state index in [2.05, 4.69) is 44.1 Å². The third-order valence-electron chi connectivity index (χ3n) is 5.49. The van der Waals surface area contributed by atoms with Crippen LogP contribution in [0.4, 0.5) is 0 Å². The molecule has 0 N–H and O–H groups in total. The van der Waals surface area contributed by atoms with Gasteiger partial charge in [-0.25, -0.2) is 0 Å². The van der Waals surface area contributed by atoms with Gasteiger partial charge in [0.25, 0.3) is 0 Å². The van der Waals surface area contributed by atoms with Gasteiger partial charge in [-0.05, 0) is 68.3 Å². The minimum absolute atomic E-state index is 0. The highest BCUT2D eigenvalue weighted by atomic mass is 35.5. The normalized spacial score (nSPS) is 29.1. The highest BCUT2D eigenvalue weighted by Gasteiger charge is 2.30.